The molecule has 0 aliphatic rings. The van der Waals surface area contributed by atoms with Crippen LogP contribution in [0.15, 0.2) is 48.5 Å². The molecule has 2 aromatic carbocycles. The number of rotatable bonds is 7. The SMILES string of the molecule is COC(=O)c1ccc(NC(=O)COCC(=O)Nc2cccc(C)c2)cc1. The molecule has 0 radical (unpaired) electrons. The Morgan fingerprint density at radius 1 is 0.885 bits per heavy atom. The predicted octanol–water partition coefficient (Wildman–Crippen LogP) is 2.38. The van der Waals surface area contributed by atoms with Gasteiger partial charge in [-0.3, -0.25) is 9.59 Å². The molecule has 136 valence electrons. The smallest absolute Gasteiger partial charge is 0.337 e. The van der Waals surface area contributed by atoms with Gasteiger partial charge in [0.25, 0.3) is 0 Å². The zero-order chi connectivity index (χ0) is 18.9. The largest absolute Gasteiger partial charge is 0.465 e. The summed E-state index contributed by atoms with van der Waals surface area (Å²) in [5, 5.41) is 5.30. The second-order valence-corrected chi connectivity index (χ2v) is 5.53. The summed E-state index contributed by atoms with van der Waals surface area (Å²) >= 11 is 0. The normalized spacial score (nSPS) is 10.1. The summed E-state index contributed by atoms with van der Waals surface area (Å²) in [6.07, 6.45) is 0. The third-order valence-electron chi connectivity index (χ3n) is 3.36. The fraction of sp³-hybridized carbons (Fsp3) is 0.211. The highest BCUT2D eigenvalue weighted by atomic mass is 16.5. The maximum absolute atomic E-state index is 11.8. The van der Waals surface area contributed by atoms with Crippen molar-refractivity contribution in [2.45, 2.75) is 6.92 Å². The lowest BCUT2D eigenvalue weighted by atomic mass is 10.2. The molecule has 0 unspecified atom stereocenters. The molecule has 0 aromatic heterocycles. The number of aryl methyl sites for hydroxylation is 1. The van der Waals surface area contributed by atoms with Crippen molar-refractivity contribution in [1.82, 2.24) is 0 Å². The average molecular weight is 356 g/mol. The van der Waals surface area contributed by atoms with Crippen molar-refractivity contribution in [2.24, 2.45) is 0 Å². The van der Waals surface area contributed by atoms with Crippen molar-refractivity contribution in [3.8, 4) is 0 Å². The monoisotopic (exact) mass is 356 g/mol. The Hall–Kier alpha value is -3.19. The van der Waals surface area contributed by atoms with Gasteiger partial charge in [-0.05, 0) is 48.9 Å². The van der Waals surface area contributed by atoms with E-state index in [0.29, 0.717) is 16.9 Å². The van der Waals surface area contributed by atoms with E-state index in [9.17, 15) is 14.4 Å². The van der Waals surface area contributed by atoms with E-state index in [1.54, 1.807) is 18.2 Å². The van der Waals surface area contributed by atoms with Gasteiger partial charge in [0.15, 0.2) is 0 Å². The summed E-state index contributed by atoms with van der Waals surface area (Å²) in [6.45, 7) is 1.43. The minimum absolute atomic E-state index is 0.233. The van der Waals surface area contributed by atoms with Gasteiger partial charge in [-0.15, -0.1) is 0 Å². The fourth-order valence-electron chi connectivity index (χ4n) is 2.16. The molecule has 0 saturated heterocycles. The van der Waals surface area contributed by atoms with E-state index in [1.165, 1.54) is 19.2 Å². The molecule has 0 aliphatic heterocycles. The van der Waals surface area contributed by atoms with Gasteiger partial charge in [-0.2, -0.15) is 0 Å². The van der Waals surface area contributed by atoms with Gasteiger partial charge in [0.1, 0.15) is 13.2 Å². The van der Waals surface area contributed by atoms with Gasteiger partial charge in [0.2, 0.25) is 11.8 Å². The van der Waals surface area contributed by atoms with Gasteiger partial charge >= 0.3 is 5.97 Å². The van der Waals surface area contributed by atoms with Crippen molar-refractivity contribution in [3.63, 3.8) is 0 Å². The first-order valence-corrected chi connectivity index (χ1v) is 7.90. The Morgan fingerprint density at radius 2 is 1.50 bits per heavy atom. The molecule has 0 heterocycles. The third-order valence-corrected chi connectivity index (χ3v) is 3.36. The molecule has 7 heteroatoms. The van der Waals surface area contributed by atoms with E-state index in [4.69, 9.17) is 4.74 Å². The molecule has 2 rings (SSSR count). The van der Waals surface area contributed by atoms with Gasteiger partial charge in [0.05, 0.1) is 12.7 Å². The van der Waals surface area contributed by atoms with Crippen LogP contribution in [0.4, 0.5) is 11.4 Å². The van der Waals surface area contributed by atoms with Crippen LogP contribution in [0.2, 0.25) is 0 Å². The minimum atomic E-state index is -0.453. The van der Waals surface area contributed by atoms with Gasteiger partial charge < -0.3 is 20.1 Å². The summed E-state index contributed by atoms with van der Waals surface area (Å²) in [7, 11) is 1.30. The summed E-state index contributed by atoms with van der Waals surface area (Å²) in [4.78, 5) is 34.9. The number of amides is 2. The minimum Gasteiger partial charge on any atom is -0.465 e. The Kier molecular flexibility index (Phi) is 6.87. The lowest BCUT2D eigenvalue weighted by molar-refractivity contribution is -0.125. The number of hydrogen-bond acceptors (Lipinski definition) is 5. The maximum Gasteiger partial charge on any atom is 0.337 e. The van der Waals surface area contributed by atoms with Crippen molar-refractivity contribution in [2.75, 3.05) is 31.0 Å². The first kappa shape index (κ1) is 19.1. The lowest BCUT2D eigenvalue weighted by Gasteiger charge is -2.08. The van der Waals surface area contributed by atoms with E-state index in [-0.39, 0.29) is 19.1 Å². The van der Waals surface area contributed by atoms with Crippen LogP contribution >= 0.6 is 0 Å². The zero-order valence-electron chi connectivity index (χ0n) is 14.6. The molecule has 0 atom stereocenters. The number of nitrogens with one attached hydrogen (secondary N) is 2. The summed E-state index contributed by atoms with van der Waals surface area (Å²) < 4.78 is 9.71. The van der Waals surface area contributed by atoms with Crippen molar-refractivity contribution >= 4 is 29.2 Å². The molecule has 2 aromatic rings. The Labute approximate surface area is 151 Å². The molecule has 7 nitrogen and oxygen atoms in total. The summed E-state index contributed by atoms with van der Waals surface area (Å²) in [6, 6.07) is 13.6. The van der Waals surface area contributed by atoms with Crippen LogP contribution in [-0.2, 0) is 19.1 Å². The molecular formula is C19H20N2O5. The lowest BCUT2D eigenvalue weighted by Crippen LogP contribution is -2.24. The summed E-state index contributed by atoms with van der Waals surface area (Å²) in [5.74, 6) is -1.20. The topological polar surface area (TPSA) is 93.7 Å². The first-order chi connectivity index (χ1) is 12.5. The first-order valence-electron chi connectivity index (χ1n) is 7.90. The van der Waals surface area contributed by atoms with Crippen molar-refractivity contribution < 1.29 is 23.9 Å². The highest BCUT2D eigenvalue weighted by molar-refractivity contribution is 5.94. The van der Waals surface area contributed by atoms with Crippen LogP contribution in [0.1, 0.15) is 15.9 Å². The standard InChI is InChI=1S/C19H20N2O5/c1-13-4-3-5-16(10-13)21-18(23)12-26-11-17(22)20-15-8-6-14(7-9-15)19(24)25-2/h3-10H,11-12H2,1-2H3,(H,20,22)(H,21,23). The predicted molar refractivity (Wildman–Crippen MR) is 97.0 cm³/mol. The summed E-state index contributed by atoms with van der Waals surface area (Å²) in [5.41, 5.74) is 2.60. The van der Waals surface area contributed by atoms with Crippen LogP contribution < -0.4 is 10.6 Å². The van der Waals surface area contributed by atoms with Crippen LogP contribution in [-0.4, -0.2) is 38.1 Å². The van der Waals surface area contributed by atoms with Crippen LogP contribution in [0.25, 0.3) is 0 Å². The Balaban J connectivity index is 1.73. The number of hydrogen-bond donors (Lipinski definition) is 2. The van der Waals surface area contributed by atoms with Gasteiger partial charge in [0, 0.05) is 11.4 Å². The fourth-order valence-corrected chi connectivity index (χ4v) is 2.16. The van der Waals surface area contributed by atoms with Crippen LogP contribution in [0.5, 0.6) is 0 Å². The van der Waals surface area contributed by atoms with Crippen molar-refractivity contribution in [3.05, 3.63) is 59.7 Å². The van der Waals surface area contributed by atoms with Crippen LogP contribution in [0, 0.1) is 6.92 Å². The van der Waals surface area contributed by atoms with E-state index >= 15 is 0 Å². The van der Waals surface area contributed by atoms with Crippen molar-refractivity contribution in [1.29, 1.82) is 0 Å². The number of ether oxygens (including phenoxy) is 2. The zero-order valence-corrected chi connectivity index (χ0v) is 14.6. The number of carbonyl (C=O) groups is 3. The second-order valence-electron chi connectivity index (χ2n) is 5.53. The van der Waals surface area contributed by atoms with Gasteiger partial charge in [-0.25, -0.2) is 4.79 Å². The molecule has 0 fully saturated rings. The third kappa shape index (κ3) is 6.03. The van der Waals surface area contributed by atoms with Gasteiger partial charge in [-0.1, -0.05) is 12.1 Å². The number of anilines is 2. The Bertz CT molecular complexity index is 787. The highest BCUT2D eigenvalue weighted by Crippen LogP contribution is 2.11. The molecule has 26 heavy (non-hydrogen) atoms. The molecule has 2 N–H and O–H groups in total. The highest BCUT2D eigenvalue weighted by Gasteiger charge is 2.08. The van der Waals surface area contributed by atoms with E-state index < -0.39 is 11.9 Å². The second kappa shape index (κ2) is 9.33. The molecule has 0 spiro atoms. The molecule has 0 aliphatic carbocycles. The molecular weight excluding hydrogens is 336 g/mol. The Morgan fingerprint density at radius 3 is 2.08 bits per heavy atom. The number of esters is 1. The quantitative estimate of drug-likeness (QED) is 0.743. The molecule has 0 bridgehead atoms. The van der Waals surface area contributed by atoms with Crippen LogP contribution in [0.3, 0.4) is 0 Å². The van der Waals surface area contributed by atoms with E-state index in [1.807, 2.05) is 25.1 Å². The number of methoxy groups -OCH3 is 1. The number of benzene rings is 2. The van der Waals surface area contributed by atoms with E-state index in [0.717, 1.165) is 5.56 Å². The van der Waals surface area contributed by atoms with E-state index in [2.05, 4.69) is 15.4 Å². The molecule has 0 saturated carbocycles. The number of carbonyl (C=O) groups excluding carboxylic acids is 3. The molecule has 2 amide bonds. The maximum atomic E-state index is 11.8. The average Bonchev–Trinajstić information content (AvgIpc) is 2.61.